The second-order valence-electron chi connectivity index (χ2n) is 9.02. The Bertz CT molecular complexity index is 1080. The van der Waals surface area contributed by atoms with Crippen molar-refractivity contribution in [3.8, 4) is 17.2 Å². The van der Waals surface area contributed by atoms with Crippen molar-refractivity contribution in [1.29, 1.82) is 0 Å². The van der Waals surface area contributed by atoms with E-state index in [9.17, 15) is 8.42 Å². The van der Waals surface area contributed by atoms with E-state index >= 15 is 0 Å². The van der Waals surface area contributed by atoms with Gasteiger partial charge in [0.15, 0.2) is 11.5 Å². The molecule has 8 heteroatoms. The first-order valence-corrected chi connectivity index (χ1v) is 12.3. The van der Waals surface area contributed by atoms with Crippen LogP contribution in [-0.2, 0) is 27.7 Å². The second-order valence-corrected chi connectivity index (χ2v) is 11.0. The Hall–Kier alpha value is -2.29. The molecule has 0 atom stereocenters. The fourth-order valence-corrected chi connectivity index (χ4v) is 5.59. The third-order valence-electron chi connectivity index (χ3n) is 6.03. The van der Waals surface area contributed by atoms with Crippen LogP contribution in [0.15, 0.2) is 41.3 Å². The quantitative estimate of drug-likeness (QED) is 0.598. The Balaban J connectivity index is 1.63. The van der Waals surface area contributed by atoms with Crippen LogP contribution in [0.1, 0.15) is 31.4 Å². The molecular weight excluding hydrogens is 430 g/mol. The first-order valence-electron chi connectivity index (χ1n) is 10.8. The van der Waals surface area contributed by atoms with Crippen molar-refractivity contribution in [3.63, 3.8) is 0 Å². The normalized spacial score (nSPS) is 17.9. The summed E-state index contributed by atoms with van der Waals surface area (Å²) < 4.78 is 50.7. The maximum Gasteiger partial charge on any atom is 0.243 e. The Morgan fingerprint density at radius 3 is 2.47 bits per heavy atom. The van der Waals surface area contributed by atoms with Crippen LogP contribution >= 0.6 is 0 Å². The predicted octanol–water partition coefficient (Wildman–Crippen LogP) is 3.64. The molecule has 7 nitrogen and oxygen atoms in total. The summed E-state index contributed by atoms with van der Waals surface area (Å²) in [6.45, 7) is 6.00. The third kappa shape index (κ3) is 4.72. The fraction of sp³-hybridized carbons (Fsp3) is 0.500. The summed E-state index contributed by atoms with van der Waals surface area (Å²) in [7, 11) is -0.739. The first-order chi connectivity index (χ1) is 15.2. The number of sulfonamides is 1. The van der Waals surface area contributed by atoms with Crippen LogP contribution in [0, 0.1) is 5.92 Å². The maximum atomic E-state index is 13.6. The largest absolute Gasteiger partial charge is 0.493 e. The van der Waals surface area contributed by atoms with Gasteiger partial charge in [0.25, 0.3) is 0 Å². The molecule has 4 rings (SSSR count). The number of hydrogen-bond acceptors (Lipinski definition) is 6. The van der Waals surface area contributed by atoms with Crippen molar-refractivity contribution in [2.24, 2.45) is 5.92 Å². The van der Waals surface area contributed by atoms with Crippen molar-refractivity contribution < 1.29 is 27.4 Å². The van der Waals surface area contributed by atoms with Crippen LogP contribution in [0.4, 0.5) is 0 Å². The van der Waals surface area contributed by atoms with E-state index in [-0.39, 0.29) is 23.0 Å². The lowest BCUT2D eigenvalue weighted by molar-refractivity contribution is -0.0388. The van der Waals surface area contributed by atoms with Crippen molar-refractivity contribution in [2.75, 3.05) is 34.0 Å². The van der Waals surface area contributed by atoms with Crippen molar-refractivity contribution >= 4 is 10.0 Å². The minimum atomic E-state index is -3.76. The summed E-state index contributed by atoms with van der Waals surface area (Å²) >= 11 is 0. The molecule has 1 fully saturated rings. The van der Waals surface area contributed by atoms with E-state index in [1.807, 2.05) is 12.1 Å². The molecule has 0 radical (unpaired) electrons. The predicted molar refractivity (Wildman–Crippen MR) is 121 cm³/mol. The maximum absolute atomic E-state index is 13.6. The van der Waals surface area contributed by atoms with Gasteiger partial charge in [0.05, 0.1) is 32.3 Å². The minimum Gasteiger partial charge on any atom is -0.493 e. The van der Waals surface area contributed by atoms with Gasteiger partial charge in [-0.25, -0.2) is 8.42 Å². The van der Waals surface area contributed by atoms with E-state index in [0.29, 0.717) is 31.3 Å². The van der Waals surface area contributed by atoms with Crippen LogP contribution in [0.5, 0.6) is 17.2 Å². The summed E-state index contributed by atoms with van der Waals surface area (Å²) in [4.78, 5) is 0.179. The molecule has 0 N–H and O–H groups in total. The Morgan fingerprint density at radius 2 is 1.81 bits per heavy atom. The Morgan fingerprint density at radius 1 is 1.06 bits per heavy atom. The molecule has 32 heavy (non-hydrogen) atoms. The van der Waals surface area contributed by atoms with Gasteiger partial charge in [0, 0.05) is 25.1 Å². The number of rotatable bonds is 8. The summed E-state index contributed by atoms with van der Waals surface area (Å²) in [6.07, 6.45) is 1.84. The number of nitrogens with zero attached hydrogens (tertiary/aromatic N) is 1. The van der Waals surface area contributed by atoms with Gasteiger partial charge in [0.1, 0.15) is 11.4 Å². The van der Waals surface area contributed by atoms with Gasteiger partial charge < -0.3 is 18.9 Å². The minimum absolute atomic E-state index is 0.179. The van der Waals surface area contributed by atoms with E-state index in [1.54, 1.807) is 12.1 Å². The highest BCUT2D eigenvalue weighted by molar-refractivity contribution is 7.89. The molecule has 2 heterocycles. The molecule has 2 aromatic rings. The summed E-state index contributed by atoms with van der Waals surface area (Å²) in [6, 6.07) is 10.7. The molecule has 0 aromatic heterocycles. The molecule has 174 valence electrons. The van der Waals surface area contributed by atoms with Gasteiger partial charge in [-0.15, -0.1) is 0 Å². The lowest BCUT2D eigenvalue weighted by atomic mass is 9.93. The zero-order valence-electron chi connectivity index (χ0n) is 19.1. The van der Waals surface area contributed by atoms with Crippen LogP contribution < -0.4 is 14.2 Å². The number of fused-ring (bicyclic) bond motifs is 1. The standard InChI is InChI=1S/C24H31NO6S/c1-24(2)10-9-19-11-17(5-7-21(19)31-24)13-25(14-18-15-30-16-18)32(26,27)20-6-8-22(28-3)23(12-20)29-4/h5-8,11-12,18H,9-10,13-16H2,1-4H3. The molecule has 0 unspecified atom stereocenters. The van der Waals surface area contributed by atoms with Crippen LogP contribution in [0.3, 0.4) is 0 Å². The Kier molecular flexibility index (Phi) is 6.38. The van der Waals surface area contributed by atoms with Gasteiger partial charge in [-0.05, 0) is 56.0 Å². The van der Waals surface area contributed by atoms with Gasteiger partial charge in [-0.3, -0.25) is 0 Å². The van der Waals surface area contributed by atoms with E-state index in [1.165, 1.54) is 24.6 Å². The highest BCUT2D eigenvalue weighted by Gasteiger charge is 2.32. The molecule has 0 amide bonds. The summed E-state index contributed by atoms with van der Waals surface area (Å²) in [5, 5.41) is 0. The average molecular weight is 462 g/mol. The van der Waals surface area contributed by atoms with Gasteiger partial charge in [-0.2, -0.15) is 4.31 Å². The number of aryl methyl sites for hydroxylation is 1. The monoisotopic (exact) mass is 461 g/mol. The number of benzene rings is 2. The molecule has 0 bridgehead atoms. The van der Waals surface area contributed by atoms with Gasteiger partial charge >= 0.3 is 0 Å². The molecule has 0 saturated carbocycles. The summed E-state index contributed by atoms with van der Waals surface area (Å²) in [5.74, 6) is 1.94. The van der Waals surface area contributed by atoms with Crippen molar-refractivity contribution in [3.05, 3.63) is 47.5 Å². The highest BCUT2D eigenvalue weighted by Crippen LogP contribution is 2.35. The number of methoxy groups -OCH3 is 2. The lowest BCUT2D eigenvalue weighted by Crippen LogP contribution is -2.42. The van der Waals surface area contributed by atoms with Gasteiger partial charge in [0.2, 0.25) is 10.0 Å². The molecule has 0 spiro atoms. The van der Waals surface area contributed by atoms with E-state index < -0.39 is 10.0 Å². The molecule has 2 aliphatic rings. The van der Waals surface area contributed by atoms with Crippen LogP contribution in [-0.4, -0.2) is 52.3 Å². The van der Waals surface area contributed by atoms with Gasteiger partial charge in [-0.1, -0.05) is 12.1 Å². The molecule has 2 aromatic carbocycles. The molecule has 0 aliphatic carbocycles. The van der Waals surface area contributed by atoms with Crippen LogP contribution in [0.2, 0.25) is 0 Å². The van der Waals surface area contributed by atoms with E-state index in [4.69, 9.17) is 18.9 Å². The molecule has 2 aliphatic heterocycles. The molecular formula is C24H31NO6S. The van der Waals surface area contributed by atoms with E-state index in [0.717, 1.165) is 29.7 Å². The molecule has 1 saturated heterocycles. The fourth-order valence-electron chi connectivity index (χ4n) is 4.07. The first kappa shape index (κ1) is 22.9. The van der Waals surface area contributed by atoms with Crippen molar-refractivity contribution in [2.45, 2.75) is 43.7 Å². The smallest absolute Gasteiger partial charge is 0.243 e. The highest BCUT2D eigenvalue weighted by atomic mass is 32.2. The topological polar surface area (TPSA) is 74.3 Å². The summed E-state index contributed by atoms with van der Waals surface area (Å²) in [5.41, 5.74) is 1.88. The number of hydrogen-bond donors (Lipinski definition) is 0. The third-order valence-corrected chi connectivity index (χ3v) is 7.84. The second kappa shape index (κ2) is 8.92. The SMILES string of the molecule is COc1ccc(S(=O)(=O)N(Cc2ccc3c(c2)CCC(C)(C)O3)CC2COC2)cc1OC. The zero-order chi connectivity index (χ0) is 22.9. The Labute approximate surface area is 190 Å². The number of ether oxygens (including phenoxy) is 4. The van der Waals surface area contributed by atoms with Crippen LogP contribution in [0.25, 0.3) is 0 Å². The zero-order valence-corrected chi connectivity index (χ0v) is 19.9. The lowest BCUT2D eigenvalue weighted by Gasteiger charge is -2.34. The average Bonchev–Trinajstić information content (AvgIpc) is 2.74. The van der Waals surface area contributed by atoms with E-state index in [2.05, 4.69) is 19.9 Å². The van der Waals surface area contributed by atoms with Crippen molar-refractivity contribution in [1.82, 2.24) is 4.31 Å².